The molecule has 0 spiro atoms. The van der Waals surface area contributed by atoms with E-state index in [0.717, 1.165) is 18.9 Å². The highest BCUT2D eigenvalue weighted by molar-refractivity contribution is 4.91. The summed E-state index contributed by atoms with van der Waals surface area (Å²) in [6, 6.07) is 0.390. The summed E-state index contributed by atoms with van der Waals surface area (Å²) < 4.78 is 5.66. The van der Waals surface area contributed by atoms with Gasteiger partial charge in [-0.05, 0) is 49.9 Å². The topological polar surface area (TPSA) is 35.2 Å². The highest BCUT2D eigenvalue weighted by Crippen LogP contribution is 2.44. The van der Waals surface area contributed by atoms with Gasteiger partial charge in [-0.1, -0.05) is 20.3 Å². The van der Waals surface area contributed by atoms with E-state index in [2.05, 4.69) is 13.8 Å². The molecular formula is C14H27NO. The van der Waals surface area contributed by atoms with E-state index >= 15 is 0 Å². The van der Waals surface area contributed by atoms with Crippen LogP contribution in [0.3, 0.4) is 0 Å². The zero-order valence-corrected chi connectivity index (χ0v) is 10.9. The van der Waals surface area contributed by atoms with Gasteiger partial charge in [0.25, 0.3) is 0 Å². The highest BCUT2D eigenvalue weighted by Gasteiger charge is 2.38. The SMILES string of the molecule is CC1(C)CCCC1C(N)CCC1CCCO1. The molecule has 1 aliphatic heterocycles. The smallest absolute Gasteiger partial charge is 0.0576 e. The second kappa shape index (κ2) is 5.05. The lowest BCUT2D eigenvalue weighted by molar-refractivity contribution is 0.0953. The van der Waals surface area contributed by atoms with Crippen LogP contribution in [0.2, 0.25) is 0 Å². The molecule has 2 rings (SSSR count). The van der Waals surface area contributed by atoms with E-state index in [1.807, 2.05) is 0 Å². The van der Waals surface area contributed by atoms with E-state index in [-0.39, 0.29) is 0 Å². The summed E-state index contributed by atoms with van der Waals surface area (Å²) in [4.78, 5) is 0. The Morgan fingerprint density at radius 2 is 2.12 bits per heavy atom. The molecule has 0 aromatic rings. The van der Waals surface area contributed by atoms with E-state index in [1.54, 1.807) is 0 Å². The Hall–Kier alpha value is -0.0800. The first kappa shape index (κ1) is 12.4. The maximum absolute atomic E-state index is 6.38. The maximum atomic E-state index is 6.38. The summed E-state index contributed by atoms with van der Waals surface area (Å²) >= 11 is 0. The lowest BCUT2D eigenvalue weighted by Gasteiger charge is -2.32. The summed E-state index contributed by atoms with van der Waals surface area (Å²) in [7, 11) is 0. The van der Waals surface area contributed by atoms with E-state index in [4.69, 9.17) is 10.5 Å². The Kier molecular flexibility index (Phi) is 3.91. The van der Waals surface area contributed by atoms with Gasteiger partial charge in [0.05, 0.1) is 6.10 Å². The molecule has 2 aliphatic rings. The van der Waals surface area contributed by atoms with Crippen molar-refractivity contribution >= 4 is 0 Å². The van der Waals surface area contributed by atoms with Gasteiger partial charge < -0.3 is 10.5 Å². The van der Waals surface area contributed by atoms with Gasteiger partial charge >= 0.3 is 0 Å². The largest absolute Gasteiger partial charge is 0.378 e. The lowest BCUT2D eigenvalue weighted by Crippen LogP contribution is -2.37. The molecular weight excluding hydrogens is 198 g/mol. The molecule has 0 bridgehead atoms. The van der Waals surface area contributed by atoms with E-state index in [9.17, 15) is 0 Å². The summed E-state index contributed by atoms with van der Waals surface area (Å²) in [5, 5.41) is 0. The molecule has 1 saturated heterocycles. The van der Waals surface area contributed by atoms with Crippen molar-refractivity contribution in [3.05, 3.63) is 0 Å². The van der Waals surface area contributed by atoms with Gasteiger partial charge in [0, 0.05) is 12.6 Å². The van der Waals surface area contributed by atoms with Crippen LogP contribution in [0, 0.1) is 11.3 Å². The normalized spacial score (nSPS) is 35.4. The summed E-state index contributed by atoms with van der Waals surface area (Å²) in [5.74, 6) is 0.730. The number of ether oxygens (including phenoxy) is 1. The quantitative estimate of drug-likeness (QED) is 0.798. The number of hydrogen-bond donors (Lipinski definition) is 1. The minimum atomic E-state index is 0.390. The minimum Gasteiger partial charge on any atom is -0.378 e. The molecule has 3 unspecified atom stereocenters. The molecule has 1 saturated carbocycles. The Morgan fingerprint density at radius 1 is 1.31 bits per heavy atom. The fourth-order valence-corrected chi connectivity index (χ4v) is 3.60. The van der Waals surface area contributed by atoms with Gasteiger partial charge in [-0.2, -0.15) is 0 Å². The Bertz CT molecular complexity index is 221. The Labute approximate surface area is 99.9 Å². The number of rotatable bonds is 4. The average molecular weight is 225 g/mol. The minimum absolute atomic E-state index is 0.390. The highest BCUT2D eigenvalue weighted by atomic mass is 16.5. The number of hydrogen-bond acceptors (Lipinski definition) is 2. The molecule has 1 aliphatic carbocycles. The standard InChI is InChI=1S/C14H27NO/c1-14(2)9-3-6-12(14)13(15)8-7-11-5-4-10-16-11/h11-13H,3-10,15H2,1-2H3. The van der Waals surface area contributed by atoms with Gasteiger partial charge in [0.1, 0.15) is 0 Å². The molecule has 0 aromatic carbocycles. The molecule has 0 radical (unpaired) electrons. The van der Waals surface area contributed by atoms with Crippen LogP contribution in [0.1, 0.15) is 58.8 Å². The third-order valence-electron chi connectivity index (χ3n) is 4.70. The van der Waals surface area contributed by atoms with E-state index in [1.165, 1.54) is 38.5 Å². The van der Waals surface area contributed by atoms with Crippen molar-refractivity contribution in [1.29, 1.82) is 0 Å². The average Bonchev–Trinajstić information content (AvgIpc) is 2.83. The van der Waals surface area contributed by atoms with Crippen LogP contribution in [-0.2, 0) is 4.74 Å². The van der Waals surface area contributed by atoms with Crippen molar-refractivity contribution < 1.29 is 4.74 Å². The van der Waals surface area contributed by atoms with Crippen molar-refractivity contribution in [2.75, 3.05) is 6.61 Å². The number of nitrogens with two attached hydrogens (primary N) is 1. The van der Waals surface area contributed by atoms with E-state index < -0.39 is 0 Å². The summed E-state index contributed by atoms with van der Waals surface area (Å²) in [6.07, 6.45) is 9.38. The molecule has 3 atom stereocenters. The lowest BCUT2D eigenvalue weighted by atomic mass is 9.76. The molecule has 2 N–H and O–H groups in total. The third-order valence-corrected chi connectivity index (χ3v) is 4.70. The van der Waals surface area contributed by atoms with Gasteiger partial charge in [0.2, 0.25) is 0 Å². The monoisotopic (exact) mass is 225 g/mol. The molecule has 2 fully saturated rings. The first-order valence-corrected chi connectivity index (χ1v) is 6.97. The summed E-state index contributed by atoms with van der Waals surface area (Å²) in [6.45, 7) is 5.74. The van der Waals surface area contributed by atoms with Crippen LogP contribution in [0.5, 0.6) is 0 Å². The van der Waals surface area contributed by atoms with Crippen molar-refractivity contribution in [3.8, 4) is 0 Å². The van der Waals surface area contributed by atoms with Crippen LogP contribution < -0.4 is 5.73 Å². The van der Waals surface area contributed by atoms with Crippen LogP contribution in [-0.4, -0.2) is 18.8 Å². The van der Waals surface area contributed by atoms with Crippen molar-refractivity contribution in [2.45, 2.75) is 70.9 Å². The summed E-state index contributed by atoms with van der Waals surface area (Å²) in [5.41, 5.74) is 6.85. The van der Waals surface area contributed by atoms with Crippen LogP contribution in [0.25, 0.3) is 0 Å². The van der Waals surface area contributed by atoms with Crippen molar-refractivity contribution in [3.63, 3.8) is 0 Å². The molecule has 0 amide bonds. The second-order valence-corrected chi connectivity index (χ2v) is 6.36. The predicted molar refractivity (Wildman–Crippen MR) is 67.3 cm³/mol. The molecule has 2 nitrogen and oxygen atoms in total. The Morgan fingerprint density at radius 3 is 2.69 bits per heavy atom. The Balaban J connectivity index is 1.76. The van der Waals surface area contributed by atoms with Crippen molar-refractivity contribution in [2.24, 2.45) is 17.1 Å². The molecule has 94 valence electrons. The molecule has 16 heavy (non-hydrogen) atoms. The van der Waals surface area contributed by atoms with Gasteiger partial charge in [-0.25, -0.2) is 0 Å². The van der Waals surface area contributed by atoms with E-state index in [0.29, 0.717) is 17.6 Å². The van der Waals surface area contributed by atoms with Crippen molar-refractivity contribution in [1.82, 2.24) is 0 Å². The first-order valence-electron chi connectivity index (χ1n) is 6.97. The fourth-order valence-electron chi connectivity index (χ4n) is 3.60. The second-order valence-electron chi connectivity index (χ2n) is 6.36. The fraction of sp³-hybridized carbons (Fsp3) is 1.00. The molecule has 2 heteroatoms. The van der Waals surface area contributed by atoms with Crippen LogP contribution in [0.15, 0.2) is 0 Å². The van der Waals surface area contributed by atoms with Gasteiger partial charge in [-0.3, -0.25) is 0 Å². The zero-order valence-electron chi connectivity index (χ0n) is 10.9. The van der Waals surface area contributed by atoms with Gasteiger partial charge in [-0.15, -0.1) is 0 Å². The van der Waals surface area contributed by atoms with Crippen LogP contribution in [0.4, 0.5) is 0 Å². The maximum Gasteiger partial charge on any atom is 0.0576 e. The third kappa shape index (κ3) is 2.78. The molecule has 0 aromatic heterocycles. The molecule has 1 heterocycles. The predicted octanol–water partition coefficient (Wildman–Crippen LogP) is 3.10. The first-order chi connectivity index (χ1) is 7.59. The van der Waals surface area contributed by atoms with Crippen LogP contribution >= 0.6 is 0 Å². The van der Waals surface area contributed by atoms with Gasteiger partial charge in [0.15, 0.2) is 0 Å². The zero-order chi connectivity index (χ0) is 11.6.